The SMILES string of the molecule is c1cnc2c(c1)Cc1ccnc3c1N2c1ccc2sc4ccccc4c2c1C3. The predicted molar refractivity (Wildman–Crippen MR) is 115 cm³/mol. The van der Waals surface area contributed by atoms with Gasteiger partial charge in [-0.1, -0.05) is 24.3 Å². The number of hydrogen-bond acceptors (Lipinski definition) is 4. The van der Waals surface area contributed by atoms with Gasteiger partial charge in [0.05, 0.1) is 17.1 Å². The maximum Gasteiger partial charge on any atom is 0.141 e. The largest absolute Gasteiger partial charge is 0.292 e. The number of aromatic nitrogens is 2. The quantitative estimate of drug-likeness (QED) is 0.319. The maximum absolute atomic E-state index is 4.79. The van der Waals surface area contributed by atoms with Crippen LogP contribution in [0.4, 0.5) is 17.2 Å². The van der Waals surface area contributed by atoms with Crippen molar-refractivity contribution in [1.29, 1.82) is 0 Å². The lowest BCUT2D eigenvalue weighted by atomic mass is 9.89. The van der Waals surface area contributed by atoms with Gasteiger partial charge in [0.1, 0.15) is 5.82 Å². The Hall–Kier alpha value is -3.24. The van der Waals surface area contributed by atoms with Crippen molar-refractivity contribution in [2.45, 2.75) is 12.8 Å². The number of benzene rings is 2. The van der Waals surface area contributed by atoms with Crippen molar-refractivity contribution in [3.05, 3.63) is 89.4 Å². The second kappa shape index (κ2) is 5.18. The Bertz CT molecular complexity index is 1430. The molecule has 7 rings (SSSR count). The molecule has 3 aromatic heterocycles. The summed E-state index contributed by atoms with van der Waals surface area (Å²) in [7, 11) is 0. The minimum absolute atomic E-state index is 0.870. The molecule has 0 bridgehead atoms. The monoisotopic (exact) mass is 377 g/mol. The highest BCUT2D eigenvalue weighted by Gasteiger charge is 2.34. The Morgan fingerprint density at radius 2 is 1.75 bits per heavy atom. The second-order valence-corrected chi connectivity index (χ2v) is 8.56. The van der Waals surface area contributed by atoms with Crippen molar-refractivity contribution >= 4 is 48.7 Å². The van der Waals surface area contributed by atoms with Gasteiger partial charge in [0.2, 0.25) is 0 Å². The zero-order chi connectivity index (χ0) is 18.2. The van der Waals surface area contributed by atoms with Gasteiger partial charge < -0.3 is 0 Å². The summed E-state index contributed by atoms with van der Waals surface area (Å²) in [6.45, 7) is 0. The van der Waals surface area contributed by atoms with Crippen molar-refractivity contribution < 1.29 is 0 Å². The van der Waals surface area contributed by atoms with Gasteiger partial charge in [-0.2, -0.15) is 0 Å². The fourth-order valence-electron chi connectivity index (χ4n) is 4.83. The van der Waals surface area contributed by atoms with Crippen LogP contribution in [-0.4, -0.2) is 9.97 Å². The fraction of sp³-hybridized carbons (Fsp3) is 0.0833. The van der Waals surface area contributed by atoms with Gasteiger partial charge >= 0.3 is 0 Å². The Morgan fingerprint density at radius 1 is 0.786 bits per heavy atom. The van der Waals surface area contributed by atoms with E-state index in [9.17, 15) is 0 Å². The molecule has 0 aliphatic carbocycles. The smallest absolute Gasteiger partial charge is 0.141 e. The first-order valence-corrected chi connectivity index (χ1v) is 10.3. The molecule has 0 saturated carbocycles. The third kappa shape index (κ3) is 1.78. The maximum atomic E-state index is 4.79. The molecule has 4 heteroatoms. The van der Waals surface area contributed by atoms with Crippen LogP contribution in [0.3, 0.4) is 0 Å². The topological polar surface area (TPSA) is 29.0 Å². The normalized spacial score (nSPS) is 14.1. The Morgan fingerprint density at radius 3 is 2.75 bits per heavy atom. The number of anilines is 3. The van der Waals surface area contributed by atoms with Crippen LogP contribution in [0, 0.1) is 0 Å². The third-order valence-electron chi connectivity index (χ3n) is 5.98. The van der Waals surface area contributed by atoms with E-state index < -0.39 is 0 Å². The van der Waals surface area contributed by atoms with Crippen LogP contribution in [0.15, 0.2) is 67.0 Å². The number of hydrogen-bond donors (Lipinski definition) is 0. The first-order valence-electron chi connectivity index (χ1n) is 9.52. The third-order valence-corrected chi connectivity index (χ3v) is 7.11. The first kappa shape index (κ1) is 14.8. The molecule has 0 saturated heterocycles. The van der Waals surface area contributed by atoms with Gasteiger partial charge in [0.25, 0.3) is 0 Å². The molecule has 5 aromatic rings. The van der Waals surface area contributed by atoms with E-state index in [1.54, 1.807) is 0 Å². The average molecular weight is 377 g/mol. The minimum atomic E-state index is 0.870. The lowest BCUT2D eigenvalue weighted by Crippen LogP contribution is -2.26. The summed E-state index contributed by atoms with van der Waals surface area (Å²) in [5, 5.41) is 2.72. The van der Waals surface area contributed by atoms with E-state index in [-0.39, 0.29) is 0 Å². The van der Waals surface area contributed by atoms with Gasteiger partial charge in [0.15, 0.2) is 0 Å². The number of nitrogens with zero attached hydrogens (tertiary/aromatic N) is 3. The van der Waals surface area contributed by atoms with Crippen LogP contribution in [0.1, 0.15) is 22.4 Å². The Kier molecular flexibility index (Phi) is 2.73. The molecule has 132 valence electrons. The molecule has 0 N–H and O–H groups in total. The summed E-state index contributed by atoms with van der Waals surface area (Å²) in [6.07, 6.45) is 5.65. The average Bonchev–Trinajstić information content (AvgIpc) is 3.12. The van der Waals surface area contributed by atoms with Crippen molar-refractivity contribution in [3.8, 4) is 0 Å². The zero-order valence-electron chi connectivity index (χ0n) is 15.0. The van der Waals surface area contributed by atoms with Gasteiger partial charge in [-0.15, -0.1) is 11.3 Å². The number of thiophene rings is 1. The highest BCUT2D eigenvalue weighted by molar-refractivity contribution is 7.25. The Balaban J connectivity index is 1.62. The molecule has 0 fully saturated rings. The van der Waals surface area contributed by atoms with Crippen molar-refractivity contribution in [2.75, 3.05) is 4.90 Å². The highest BCUT2D eigenvalue weighted by Crippen LogP contribution is 2.51. The number of fused-ring (bicyclic) bond motifs is 8. The van der Waals surface area contributed by atoms with Crippen LogP contribution in [-0.2, 0) is 12.8 Å². The van der Waals surface area contributed by atoms with Crippen LogP contribution in [0.5, 0.6) is 0 Å². The molecule has 3 nitrogen and oxygen atoms in total. The summed E-state index contributed by atoms with van der Waals surface area (Å²) in [4.78, 5) is 11.9. The molecule has 2 aliphatic heterocycles. The lowest BCUT2D eigenvalue weighted by Gasteiger charge is -2.37. The van der Waals surface area contributed by atoms with E-state index in [1.807, 2.05) is 29.8 Å². The van der Waals surface area contributed by atoms with Gasteiger partial charge in [0, 0.05) is 45.4 Å². The predicted octanol–water partition coefficient (Wildman–Crippen LogP) is 6.12. The van der Waals surface area contributed by atoms with Crippen LogP contribution in [0.25, 0.3) is 20.2 Å². The zero-order valence-corrected chi connectivity index (χ0v) is 15.8. The Labute approximate surface area is 165 Å². The molecular formula is C24H15N3S. The summed E-state index contributed by atoms with van der Waals surface area (Å²) < 4.78 is 2.69. The van der Waals surface area contributed by atoms with Crippen LogP contribution >= 0.6 is 11.3 Å². The van der Waals surface area contributed by atoms with E-state index >= 15 is 0 Å². The van der Waals surface area contributed by atoms with Gasteiger partial charge in [-0.05, 0) is 47.0 Å². The van der Waals surface area contributed by atoms with Crippen molar-refractivity contribution in [3.63, 3.8) is 0 Å². The molecule has 0 radical (unpaired) electrons. The van der Waals surface area contributed by atoms with E-state index in [0.29, 0.717) is 0 Å². The summed E-state index contributed by atoms with van der Waals surface area (Å²) in [5.74, 6) is 1.05. The van der Waals surface area contributed by atoms with Crippen LogP contribution < -0.4 is 4.90 Å². The van der Waals surface area contributed by atoms with Gasteiger partial charge in [-0.25, -0.2) is 4.98 Å². The highest BCUT2D eigenvalue weighted by atomic mass is 32.1. The molecular weight excluding hydrogens is 362 g/mol. The first-order chi connectivity index (χ1) is 13.9. The molecule has 0 atom stereocenters. The minimum Gasteiger partial charge on any atom is -0.292 e. The second-order valence-electron chi connectivity index (χ2n) is 7.48. The van der Waals surface area contributed by atoms with E-state index in [2.05, 4.69) is 53.4 Å². The number of rotatable bonds is 0. The van der Waals surface area contributed by atoms with E-state index in [1.165, 1.54) is 48.2 Å². The fourth-order valence-corrected chi connectivity index (χ4v) is 5.97. The summed E-state index contributed by atoms with van der Waals surface area (Å²) in [6, 6.07) is 19.7. The molecule has 28 heavy (non-hydrogen) atoms. The number of pyridine rings is 2. The van der Waals surface area contributed by atoms with Crippen LogP contribution in [0.2, 0.25) is 0 Å². The molecule has 0 spiro atoms. The van der Waals surface area contributed by atoms with E-state index in [4.69, 9.17) is 9.97 Å². The van der Waals surface area contributed by atoms with Crippen molar-refractivity contribution in [2.24, 2.45) is 0 Å². The molecule has 5 heterocycles. The molecule has 2 aliphatic rings. The standard InChI is InChI=1S/C24H15N3S/c1-2-6-20-16(5-1)22-17-13-18-23-14(9-11-25-18)12-15-4-3-10-26-24(15)27(23)19(17)7-8-21(22)28-20/h1-11H,12-13H2. The van der Waals surface area contributed by atoms with E-state index in [0.717, 1.165) is 24.4 Å². The van der Waals surface area contributed by atoms with Crippen molar-refractivity contribution in [1.82, 2.24) is 9.97 Å². The summed E-state index contributed by atoms with van der Waals surface area (Å²) in [5.41, 5.74) is 7.62. The molecule has 0 amide bonds. The molecule has 0 unspecified atom stereocenters. The molecule has 2 aromatic carbocycles. The van der Waals surface area contributed by atoms with Gasteiger partial charge in [-0.3, -0.25) is 9.88 Å². The summed E-state index contributed by atoms with van der Waals surface area (Å²) >= 11 is 1.87. The lowest BCUT2D eigenvalue weighted by molar-refractivity contribution is 0.947.